The summed E-state index contributed by atoms with van der Waals surface area (Å²) in [5.74, 6) is -0.658. The van der Waals surface area contributed by atoms with Crippen LogP contribution in [-0.2, 0) is 11.2 Å². The molecule has 1 saturated heterocycles. The molecule has 1 fully saturated rings. The molecular formula is C15H22F2N2O. The summed E-state index contributed by atoms with van der Waals surface area (Å²) in [7, 11) is 1.65. The molecule has 112 valence electrons. The first-order valence-electron chi connectivity index (χ1n) is 7.07. The van der Waals surface area contributed by atoms with Gasteiger partial charge in [-0.1, -0.05) is 0 Å². The minimum atomic E-state index is -0.494. The lowest BCUT2D eigenvalue weighted by molar-refractivity contribution is 0.143. The summed E-state index contributed by atoms with van der Waals surface area (Å²) in [6.07, 6.45) is 2.46. The molecule has 1 unspecified atom stereocenters. The van der Waals surface area contributed by atoms with Gasteiger partial charge in [0, 0.05) is 20.2 Å². The molecular weight excluding hydrogens is 262 g/mol. The van der Waals surface area contributed by atoms with Crippen molar-refractivity contribution in [3.8, 4) is 0 Å². The quantitative estimate of drug-likeness (QED) is 0.902. The molecule has 0 spiro atoms. The van der Waals surface area contributed by atoms with Crippen LogP contribution in [0.25, 0.3) is 0 Å². The molecule has 1 aliphatic heterocycles. The molecule has 2 rings (SSSR count). The van der Waals surface area contributed by atoms with Crippen molar-refractivity contribution in [2.24, 2.45) is 11.7 Å². The number of benzene rings is 1. The first-order valence-corrected chi connectivity index (χ1v) is 7.07. The highest BCUT2D eigenvalue weighted by molar-refractivity contribution is 5.51. The van der Waals surface area contributed by atoms with Crippen molar-refractivity contribution in [2.75, 3.05) is 38.3 Å². The van der Waals surface area contributed by atoms with E-state index in [0.717, 1.165) is 12.8 Å². The van der Waals surface area contributed by atoms with E-state index < -0.39 is 11.6 Å². The molecule has 5 heteroatoms. The van der Waals surface area contributed by atoms with Crippen LogP contribution in [0, 0.1) is 17.6 Å². The van der Waals surface area contributed by atoms with E-state index in [1.165, 1.54) is 12.1 Å². The third-order valence-electron chi connectivity index (χ3n) is 3.75. The zero-order valence-corrected chi connectivity index (χ0v) is 11.9. The van der Waals surface area contributed by atoms with Crippen LogP contribution in [0.3, 0.4) is 0 Å². The van der Waals surface area contributed by atoms with Crippen LogP contribution in [0.4, 0.5) is 14.5 Å². The van der Waals surface area contributed by atoms with E-state index in [9.17, 15) is 8.78 Å². The van der Waals surface area contributed by atoms with Crippen molar-refractivity contribution < 1.29 is 13.5 Å². The number of nitrogens with zero attached hydrogens (tertiary/aromatic N) is 1. The van der Waals surface area contributed by atoms with E-state index in [4.69, 9.17) is 10.5 Å². The number of methoxy groups -OCH3 is 1. The summed E-state index contributed by atoms with van der Waals surface area (Å²) < 4.78 is 33.5. The molecule has 0 radical (unpaired) electrons. The van der Waals surface area contributed by atoms with Crippen molar-refractivity contribution in [1.29, 1.82) is 0 Å². The van der Waals surface area contributed by atoms with E-state index in [-0.39, 0.29) is 5.69 Å². The van der Waals surface area contributed by atoms with Crippen LogP contribution in [0.5, 0.6) is 0 Å². The molecule has 0 saturated carbocycles. The molecule has 0 aliphatic carbocycles. The Labute approximate surface area is 118 Å². The summed E-state index contributed by atoms with van der Waals surface area (Å²) in [4.78, 5) is 1.80. The second-order valence-corrected chi connectivity index (χ2v) is 5.36. The number of hydrogen-bond donors (Lipinski definition) is 1. The summed E-state index contributed by atoms with van der Waals surface area (Å²) >= 11 is 0. The second kappa shape index (κ2) is 6.99. The minimum absolute atomic E-state index is 0.0894. The Bertz CT molecular complexity index is 428. The van der Waals surface area contributed by atoms with Crippen LogP contribution in [0.1, 0.15) is 18.4 Å². The standard InChI is InChI=1S/C15H22F2N2O/c1-20-10-12-3-2-6-19(9-12)15-13(16)7-11(4-5-18)8-14(15)17/h7-8,12H,2-6,9-10,18H2,1H3. The van der Waals surface area contributed by atoms with Crippen molar-refractivity contribution in [3.63, 3.8) is 0 Å². The van der Waals surface area contributed by atoms with Crippen LogP contribution in [0.2, 0.25) is 0 Å². The normalized spacial score (nSPS) is 19.4. The average Bonchev–Trinajstić information content (AvgIpc) is 2.39. The van der Waals surface area contributed by atoms with Gasteiger partial charge in [-0.15, -0.1) is 0 Å². The van der Waals surface area contributed by atoms with E-state index in [1.54, 1.807) is 12.0 Å². The van der Waals surface area contributed by atoms with Gasteiger partial charge in [0.25, 0.3) is 0 Å². The number of hydrogen-bond acceptors (Lipinski definition) is 3. The van der Waals surface area contributed by atoms with Crippen LogP contribution < -0.4 is 10.6 Å². The van der Waals surface area contributed by atoms with Gasteiger partial charge >= 0.3 is 0 Å². The molecule has 0 aromatic heterocycles. The largest absolute Gasteiger partial charge is 0.384 e. The highest BCUT2D eigenvalue weighted by Gasteiger charge is 2.24. The Balaban J connectivity index is 2.19. The zero-order chi connectivity index (χ0) is 14.5. The molecule has 1 heterocycles. The van der Waals surface area contributed by atoms with Crippen LogP contribution in [0.15, 0.2) is 12.1 Å². The van der Waals surface area contributed by atoms with E-state index in [2.05, 4.69) is 0 Å². The third-order valence-corrected chi connectivity index (χ3v) is 3.75. The smallest absolute Gasteiger partial charge is 0.149 e. The fourth-order valence-electron chi connectivity index (χ4n) is 2.87. The van der Waals surface area contributed by atoms with Crippen LogP contribution >= 0.6 is 0 Å². The summed E-state index contributed by atoms with van der Waals surface area (Å²) in [6, 6.07) is 2.79. The Morgan fingerprint density at radius 1 is 1.35 bits per heavy atom. The Morgan fingerprint density at radius 2 is 2.05 bits per heavy atom. The van der Waals surface area contributed by atoms with E-state index >= 15 is 0 Å². The third kappa shape index (κ3) is 3.46. The predicted octanol–water partition coefficient (Wildman–Crippen LogP) is 2.33. The predicted molar refractivity (Wildman–Crippen MR) is 75.9 cm³/mol. The number of ether oxygens (including phenoxy) is 1. The summed E-state index contributed by atoms with van der Waals surface area (Å²) in [5, 5.41) is 0. The number of halogens is 2. The number of nitrogens with two attached hydrogens (primary N) is 1. The van der Waals surface area contributed by atoms with E-state index in [0.29, 0.717) is 44.1 Å². The van der Waals surface area contributed by atoms with Gasteiger partial charge in [0.1, 0.15) is 17.3 Å². The van der Waals surface area contributed by atoms with Crippen LogP contribution in [-0.4, -0.2) is 33.4 Å². The molecule has 0 bridgehead atoms. The molecule has 1 aromatic rings. The lowest BCUT2D eigenvalue weighted by atomic mass is 9.98. The molecule has 1 atom stereocenters. The SMILES string of the molecule is COCC1CCCN(c2c(F)cc(CCN)cc2F)C1. The highest BCUT2D eigenvalue weighted by Crippen LogP contribution is 2.29. The Hall–Kier alpha value is -1.20. The van der Waals surface area contributed by atoms with Crippen molar-refractivity contribution >= 4 is 5.69 Å². The molecule has 2 N–H and O–H groups in total. The maximum atomic E-state index is 14.2. The second-order valence-electron chi connectivity index (χ2n) is 5.36. The van der Waals surface area contributed by atoms with Gasteiger partial charge in [0.15, 0.2) is 0 Å². The Kier molecular flexibility index (Phi) is 5.31. The molecule has 0 amide bonds. The fraction of sp³-hybridized carbons (Fsp3) is 0.600. The fourth-order valence-corrected chi connectivity index (χ4v) is 2.87. The summed E-state index contributed by atoms with van der Waals surface area (Å²) in [5.41, 5.74) is 6.12. The maximum Gasteiger partial charge on any atom is 0.149 e. The van der Waals surface area contributed by atoms with Crippen molar-refractivity contribution in [3.05, 3.63) is 29.3 Å². The Morgan fingerprint density at radius 3 is 2.65 bits per heavy atom. The van der Waals surface area contributed by atoms with Crippen molar-refractivity contribution in [1.82, 2.24) is 0 Å². The number of anilines is 1. The summed E-state index contributed by atoms with van der Waals surface area (Å²) in [6.45, 7) is 2.34. The van der Waals surface area contributed by atoms with Gasteiger partial charge < -0.3 is 15.4 Å². The maximum absolute atomic E-state index is 14.2. The average molecular weight is 284 g/mol. The number of piperidine rings is 1. The first-order chi connectivity index (χ1) is 9.65. The van der Waals surface area contributed by atoms with Gasteiger partial charge in [0.2, 0.25) is 0 Å². The number of rotatable bonds is 5. The van der Waals surface area contributed by atoms with Gasteiger partial charge in [-0.25, -0.2) is 8.78 Å². The van der Waals surface area contributed by atoms with Crippen molar-refractivity contribution in [2.45, 2.75) is 19.3 Å². The monoisotopic (exact) mass is 284 g/mol. The molecule has 1 aromatic carbocycles. The van der Waals surface area contributed by atoms with Gasteiger partial charge in [-0.05, 0) is 49.4 Å². The van der Waals surface area contributed by atoms with Gasteiger partial charge in [-0.2, -0.15) is 0 Å². The lowest BCUT2D eigenvalue weighted by Crippen LogP contribution is -2.38. The molecule has 1 aliphatic rings. The van der Waals surface area contributed by atoms with Gasteiger partial charge in [-0.3, -0.25) is 0 Å². The first kappa shape index (κ1) is 15.2. The molecule has 20 heavy (non-hydrogen) atoms. The zero-order valence-electron chi connectivity index (χ0n) is 11.9. The molecule has 3 nitrogen and oxygen atoms in total. The van der Waals surface area contributed by atoms with Gasteiger partial charge in [0.05, 0.1) is 6.61 Å². The topological polar surface area (TPSA) is 38.5 Å². The van der Waals surface area contributed by atoms with E-state index in [1.807, 2.05) is 0 Å². The highest BCUT2D eigenvalue weighted by atomic mass is 19.1. The lowest BCUT2D eigenvalue weighted by Gasteiger charge is -2.34. The minimum Gasteiger partial charge on any atom is -0.384 e.